The van der Waals surface area contributed by atoms with Crippen molar-refractivity contribution in [3.05, 3.63) is 120 Å². The summed E-state index contributed by atoms with van der Waals surface area (Å²) >= 11 is 0. The first kappa shape index (κ1) is 24.4. The Morgan fingerprint density at radius 1 is 0.735 bits per heavy atom. The zero-order valence-corrected chi connectivity index (χ0v) is 19.7. The van der Waals surface area contributed by atoms with Crippen LogP contribution >= 0.6 is 0 Å². The van der Waals surface area contributed by atoms with Crippen LogP contribution in [0.3, 0.4) is 0 Å². The van der Waals surface area contributed by atoms with Crippen LogP contribution in [0.5, 0.6) is 0 Å². The summed E-state index contributed by atoms with van der Waals surface area (Å²) in [6.45, 7) is 6.18. The summed E-state index contributed by atoms with van der Waals surface area (Å²) in [4.78, 5) is 0. The number of rotatable bonds is 12. The Morgan fingerprint density at radius 3 is 1.82 bits per heavy atom. The van der Waals surface area contributed by atoms with Crippen LogP contribution < -0.4 is 5.32 Å². The average Bonchev–Trinajstić information content (AvgIpc) is 2.89. The van der Waals surface area contributed by atoms with Gasteiger partial charge in [0.1, 0.15) is 6.10 Å². The Bertz CT molecular complexity index is 964. The van der Waals surface area contributed by atoms with Gasteiger partial charge in [-0.1, -0.05) is 97.1 Å². The molecule has 1 aliphatic heterocycles. The number of hydrogen-bond acceptors (Lipinski definition) is 4. The van der Waals surface area contributed by atoms with E-state index in [4.69, 9.17) is 14.2 Å². The van der Waals surface area contributed by atoms with Crippen molar-refractivity contribution in [2.24, 2.45) is 0 Å². The molecular formula is C30H35NO3. The van der Waals surface area contributed by atoms with E-state index in [1.54, 1.807) is 0 Å². The fraction of sp³-hybridized carbons (Fsp3) is 0.333. The summed E-state index contributed by atoms with van der Waals surface area (Å²) < 4.78 is 19.2. The van der Waals surface area contributed by atoms with Crippen molar-refractivity contribution in [2.45, 2.75) is 57.0 Å². The van der Waals surface area contributed by atoms with Crippen LogP contribution in [0.25, 0.3) is 0 Å². The minimum absolute atomic E-state index is 0.0203. The molecule has 0 amide bonds. The molecule has 4 heteroatoms. The van der Waals surface area contributed by atoms with Crippen molar-refractivity contribution in [3.8, 4) is 0 Å². The van der Waals surface area contributed by atoms with Gasteiger partial charge in [0.15, 0.2) is 0 Å². The molecule has 0 radical (unpaired) electrons. The molecule has 178 valence electrons. The van der Waals surface area contributed by atoms with Gasteiger partial charge in [0, 0.05) is 6.04 Å². The van der Waals surface area contributed by atoms with E-state index in [1.807, 2.05) is 60.7 Å². The third-order valence-corrected chi connectivity index (χ3v) is 6.18. The topological polar surface area (TPSA) is 39.7 Å². The molecule has 0 spiro atoms. The van der Waals surface area contributed by atoms with Gasteiger partial charge in [-0.05, 0) is 29.5 Å². The predicted octanol–water partition coefficient (Wildman–Crippen LogP) is 5.68. The molecule has 1 heterocycles. The van der Waals surface area contributed by atoms with Crippen LogP contribution in [0.15, 0.2) is 104 Å². The summed E-state index contributed by atoms with van der Waals surface area (Å²) in [6.07, 6.45) is 3.55. The van der Waals surface area contributed by atoms with Crippen LogP contribution in [0.2, 0.25) is 0 Å². The second kappa shape index (κ2) is 13.2. The monoisotopic (exact) mass is 457 g/mol. The highest BCUT2D eigenvalue weighted by Crippen LogP contribution is 2.25. The van der Waals surface area contributed by atoms with Crippen LogP contribution in [-0.2, 0) is 34.0 Å². The first-order valence-corrected chi connectivity index (χ1v) is 12.1. The van der Waals surface area contributed by atoms with Crippen molar-refractivity contribution in [2.75, 3.05) is 6.61 Å². The van der Waals surface area contributed by atoms with Crippen molar-refractivity contribution >= 4 is 0 Å². The van der Waals surface area contributed by atoms with Gasteiger partial charge in [-0.3, -0.25) is 0 Å². The summed E-state index contributed by atoms with van der Waals surface area (Å²) in [5.41, 5.74) is 3.49. The Balaban J connectivity index is 1.46. The highest BCUT2D eigenvalue weighted by atomic mass is 16.5. The van der Waals surface area contributed by atoms with Gasteiger partial charge < -0.3 is 19.5 Å². The molecule has 0 aromatic heterocycles. The zero-order chi connectivity index (χ0) is 23.4. The maximum atomic E-state index is 6.52. The SMILES string of the molecule is C=CC[C@H]1C[C@@H](OCc2ccccc2)[C@@H](OCc2ccccc2)[C@H](COCc2ccccc2)N1. The first-order valence-electron chi connectivity index (χ1n) is 12.1. The van der Waals surface area contributed by atoms with Crippen LogP contribution in [-0.4, -0.2) is 30.9 Å². The maximum absolute atomic E-state index is 6.52. The standard InChI is InChI=1S/C30H35NO3/c1-2-12-27-19-29(33-21-25-15-8-4-9-16-25)30(34-22-26-17-10-5-11-18-26)28(31-27)23-32-20-24-13-6-3-7-14-24/h2-11,13-18,27-31H,1,12,19-23H2/t27-,28-,29+,30-/m0/s1. The lowest BCUT2D eigenvalue weighted by Crippen LogP contribution is -2.60. The lowest BCUT2D eigenvalue weighted by atomic mass is 9.91. The molecule has 0 aliphatic carbocycles. The Morgan fingerprint density at radius 2 is 1.26 bits per heavy atom. The van der Waals surface area contributed by atoms with Gasteiger partial charge in [-0.2, -0.15) is 0 Å². The molecule has 4 rings (SSSR count). The van der Waals surface area contributed by atoms with Gasteiger partial charge in [0.2, 0.25) is 0 Å². The molecule has 1 saturated heterocycles. The fourth-order valence-corrected chi connectivity index (χ4v) is 4.46. The number of benzene rings is 3. The van der Waals surface area contributed by atoms with Crippen LogP contribution in [0, 0.1) is 0 Å². The summed E-state index contributed by atoms with van der Waals surface area (Å²) in [5.74, 6) is 0. The minimum atomic E-state index is -0.124. The first-order chi connectivity index (χ1) is 16.8. The van der Waals surface area contributed by atoms with Gasteiger partial charge >= 0.3 is 0 Å². The lowest BCUT2D eigenvalue weighted by Gasteiger charge is -2.42. The number of ether oxygens (including phenoxy) is 3. The van der Waals surface area contributed by atoms with E-state index in [2.05, 4.69) is 48.3 Å². The third-order valence-electron chi connectivity index (χ3n) is 6.18. The van der Waals surface area contributed by atoms with Crippen molar-refractivity contribution in [1.82, 2.24) is 5.32 Å². The molecule has 4 nitrogen and oxygen atoms in total. The van der Waals surface area contributed by atoms with E-state index in [0.717, 1.165) is 18.4 Å². The molecule has 34 heavy (non-hydrogen) atoms. The third kappa shape index (κ3) is 7.37. The van der Waals surface area contributed by atoms with Gasteiger partial charge in [0.05, 0.1) is 38.6 Å². The van der Waals surface area contributed by atoms with Crippen LogP contribution in [0.4, 0.5) is 0 Å². The van der Waals surface area contributed by atoms with Gasteiger partial charge in [-0.15, -0.1) is 6.58 Å². The van der Waals surface area contributed by atoms with Crippen molar-refractivity contribution in [1.29, 1.82) is 0 Å². The molecule has 1 aliphatic rings. The molecular weight excluding hydrogens is 422 g/mol. The maximum Gasteiger partial charge on any atom is 0.102 e. The highest BCUT2D eigenvalue weighted by Gasteiger charge is 2.38. The number of nitrogens with one attached hydrogen (secondary N) is 1. The molecule has 0 unspecified atom stereocenters. The molecule has 3 aromatic carbocycles. The van der Waals surface area contributed by atoms with Crippen LogP contribution in [0.1, 0.15) is 29.5 Å². The smallest absolute Gasteiger partial charge is 0.102 e. The second-order valence-electron chi connectivity index (χ2n) is 8.83. The highest BCUT2D eigenvalue weighted by molar-refractivity contribution is 5.15. The summed E-state index contributed by atoms with van der Waals surface area (Å²) in [5, 5.41) is 3.75. The van der Waals surface area contributed by atoms with Gasteiger partial charge in [-0.25, -0.2) is 0 Å². The normalized spacial score (nSPS) is 22.4. The lowest BCUT2D eigenvalue weighted by molar-refractivity contribution is -0.133. The van der Waals surface area contributed by atoms with E-state index in [-0.39, 0.29) is 24.3 Å². The zero-order valence-electron chi connectivity index (χ0n) is 19.7. The molecule has 1 N–H and O–H groups in total. The van der Waals surface area contributed by atoms with E-state index in [0.29, 0.717) is 26.4 Å². The fourth-order valence-electron chi connectivity index (χ4n) is 4.46. The number of piperidine rings is 1. The van der Waals surface area contributed by atoms with Crippen molar-refractivity contribution in [3.63, 3.8) is 0 Å². The minimum Gasteiger partial charge on any atom is -0.375 e. The average molecular weight is 458 g/mol. The van der Waals surface area contributed by atoms with E-state index in [9.17, 15) is 0 Å². The van der Waals surface area contributed by atoms with E-state index < -0.39 is 0 Å². The summed E-state index contributed by atoms with van der Waals surface area (Å²) in [7, 11) is 0. The number of hydrogen-bond donors (Lipinski definition) is 1. The van der Waals surface area contributed by atoms with E-state index in [1.165, 1.54) is 11.1 Å². The van der Waals surface area contributed by atoms with E-state index >= 15 is 0 Å². The summed E-state index contributed by atoms with van der Waals surface area (Å²) in [6, 6.07) is 31.2. The second-order valence-corrected chi connectivity index (χ2v) is 8.83. The Hall–Kier alpha value is -2.76. The predicted molar refractivity (Wildman–Crippen MR) is 136 cm³/mol. The van der Waals surface area contributed by atoms with Crippen molar-refractivity contribution < 1.29 is 14.2 Å². The molecule has 0 saturated carbocycles. The van der Waals surface area contributed by atoms with Gasteiger partial charge in [0.25, 0.3) is 0 Å². The largest absolute Gasteiger partial charge is 0.375 e. The molecule has 3 aromatic rings. The quantitative estimate of drug-likeness (QED) is 0.355. The Labute approximate surface area is 203 Å². The molecule has 4 atom stereocenters. The molecule has 0 bridgehead atoms. The molecule has 1 fully saturated rings. The Kier molecular flexibility index (Phi) is 9.47.